The Morgan fingerprint density at radius 2 is 2.21 bits per heavy atom. The summed E-state index contributed by atoms with van der Waals surface area (Å²) in [6, 6.07) is 3.85. The van der Waals surface area contributed by atoms with E-state index in [2.05, 4.69) is 20.6 Å². The minimum Gasteiger partial charge on any atom is -0.481 e. The highest BCUT2D eigenvalue weighted by atomic mass is 16.5. The van der Waals surface area contributed by atoms with Gasteiger partial charge >= 0.3 is 0 Å². The summed E-state index contributed by atoms with van der Waals surface area (Å²) in [6.07, 6.45) is 2.65. The minimum absolute atomic E-state index is 0.612. The van der Waals surface area contributed by atoms with Crippen molar-refractivity contribution in [2.45, 2.75) is 13.0 Å². The molecule has 0 aliphatic heterocycles. The Hall–Kier alpha value is -1.82. The number of hydrogen-bond acceptors (Lipinski definition) is 4. The molecule has 0 atom stereocenters. The number of nitrogens with one attached hydrogen (secondary N) is 2. The van der Waals surface area contributed by atoms with Crippen LogP contribution in [0.15, 0.2) is 23.3 Å². The summed E-state index contributed by atoms with van der Waals surface area (Å²) >= 11 is 0. The van der Waals surface area contributed by atoms with Crippen LogP contribution in [0.5, 0.6) is 5.88 Å². The van der Waals surface area contributed by atoms with Crippen LogP contribution in [0.1, 0.15) is 12.0 Å². The zero-order valence-electron chi connectivity index (χ0n) is 11.8. The van der Waals surface area contributed by atoms with Gasteiger partial charge in [-0.25, -0.2) is 4.98 Å². The molecule has 0 bridgehead atoms. The summed E-state index contributed by atoms with van der Waals surface area (Å²) in [4.78, 5) is 8.30. The number of rotatable bonds is 7. The first-order valence-corrected chi connectivity index (χ1v) is 6.23. The molecular weight excluding hydrogens is 244 g/mol. The highest BCUT2D eigenvalue weighted by molar-refractivity contribution is 5.79. The largest absolute Gasteiger partial charge is 0.481 e. The average Bonchev–Trinajstić information content (AvgIpc) is 2.47. The second kappa shape index (κ2) is 9.16. The van der Waals surface area contributed by atoms with Crippen LogP contribution in [0, 0.1) is 0 Å². The summed E-state index contributed by atoms with van der Waals surface area (Å²) in [5, 5.41) is 6.43. The van der Waals surface area contributed by atoms with Crippen molar-refractivity contribution < 1.29 is 9.47 Å². The molecule has 0 amide bonds. The number of pyridine rings is 1. The molecule has 0 aromatic carbocycles. The van der Waals surface area contributed by atoms with Crippen molar-refractivity contribution in [3.63, 3.8) is 0 Å². The van der Waals surface area contributed by atoms with E-state index in [9.17, 15) is 0 Å². The third-order valence-electron chi connectivity index (χ3n) is 2.53. The first-order valence-electron chi connectivity index (χ1n) is 6.23. The number of aromatic nitrogens is 1. The molecular formula is C13H22N4O2. The number of ether oxygens (including phenoxy) is 2. The van der Waals surface area contributed by atoms with E-state index < -0.39 is 0 Å². The van der Waals surface area contributed by atoms with Crippen LogP contribution >= 0.6 is 0 Å². The fraction of sp³-hybridized carbons (Fsp3) is 0.538. The maximum atomic E-state index is 5.20. The van der Waals surface area contributed by atoms with Crippen molar-refractivity contribution in [1.82, 2.24) is 15.6 Å². The van der Waals surface area contributed by atoms with Gasteiger partial charge in [0, 0.05) is 45.6 Å². The molecule has 0 fully saturated rings. The Balaban J connectivity index is 2.40. The molecule has 106 valence electrons. The molecule has 0 aliphatic carbocycles. The number of hydrogen-bond donors (Lipinski definition) is 2. The van der Waals surface area contributed by atoms with Crippen LogP contribution in [0.25, 0.3) is 0 Å². The molecule has 19 heavy (non-hydrogen) atoms. The molecule has 0 saturated heterocycles. The van der Waals surface area contributed by atoms with E-state index in [1.54, 1.807) is 27.5 Å². The zero-order chi connectivity index (χ0) is 13.9. The molecule has 0 aliphatic rings. The Bertz CT molecular complexity index is 396. The maximum Gasteiger partial charge on any atom is 0.218 e. The SMILES string of the molecule is CN=C(NCCCOC)NCc1cccnc1OC. The second-order valence-electron chi connectivity index (χ2n) is 3.87. The third kappa shape index (κ3) is 5.56. The van der Waals surface area contributed by atoms with Crippen molar-refractivity contribution >= 4 is 5.96 Å². The lowest BCUT2D eigenvalue weighted by Gasteiger charge is -2.12. The smallest absolute Gasteiger partial charge is 0.218 e. The van der Waals surface area contributed by atoms with Crippen LogP contribution < -0.4 is 15.4 Å². The van der Waals surface area contributed by atoms with E-state index in [-0.39, 0.29) is 0 Å². The van der Waals surface area contributed by atoms with Crippen LogP contribution in [-0.2, 0) is 11.3 Å². The van der Waals surface area contributed by atoms with Crippen molar-refractivity contribution in [3.8, 4) is 5.88 Å². The molecule has 0 spiro atoms. The van der Waals surface area contributed by atoms with Gasteiger partial charge in [0.2, 0.25) is 5.88 Å². The van der Waals surface area contributed by atoms with Crippen molar-refractivity contribution in [1.29, 1.82) is 0 Å². The van der Waals surface area contributed by atoms with Crippen LogP contribution in [0.2, 0.25) is 0 Å². The Morgan fingerprint density at radius 1 is 1.37 bits per heavy atom. The predicted octanol–water partition coefficient (Wildman–Crippen LogP) is 0.792. The predicted molar refractivity (Wildman–Crippen MR) is 75.5 cm³/mol. The van der Waals surface area contributed by atoms with Crippen LogP contribution in [0.4, 0.5) is 0 Å². The molecule has 0 saturated carbocycles. The summed E-state index contributed by atoms with van der Waals surface area (Å²) < 4.78 is 10.2. The van der Waals surface area contributed by atoms with Crippen molar-refractivity contribution in [3.05, 3.63) is 23.9 Å². The highest BCUT2D eigenvalue weighted by Gasteiger charge is 2.04. The average molecular weight is 266 g/mol. The fourth-order valence-electron chi connectivity index (χ4n) is 1.57. The van der Waals surface area contributed by atoms with Crippen LogP contribution in [0.3, 0.4) is 0 Å². The van der Waals surface area contributed by atoms with E-state index in [0.29, 0.717) is 12.4 Å². The van der Waals surface area contributed by atoms with Gasteiger partial charge in [0.1, 0.15) is 0 Å². The molecule has 1 aromatic heterocycles. The van der Waals surface area contributed by atoms with Crippen molar-refractivity contribution in [2.75, 3.05) is 34.4 Å². The normalized spacial score (nSPS) is 11.2. The van der Waals surface area contributed by atoms with Gasteiger partial charge in [-0.05, 0) is 12.5 Å². The molecule has 0 radical (unpaired) electrons. The van der Waals surface area contributed by atoms with Gasteiger partial charge in [0.05, 0.1) is 7.11 Å². The van der Waals surface area contributed by atoms with Gasteiger partial charge in [0.15, 0.2) is 5.96 Å². The number of methoxy groups -OCH3 is 2. The van der Waals surface area contributed by atoms with Gasteiger partial charge in [-0.15, -0.1) is 0 Å². The number of guanidine groups is 1. The molecule has 1 aromatic rings. The Labute approximate surface area is 114 Å². The molecule has 6 nitrogen and oxygen atoms in total. The topological polar surface area (TPSA) is 67.8 Å². The molecule has 1 rings (SSSR count). The standard InChI is InChI=1S/C13H22N4O2/c1-14-13(16-8-5-9-18-2)17-10-11-6-4-7-15-12(11)19-3/h4,6-7H,5,8-10H2,1-3H3,(H2,14,16,17). The summed E-state index contributed by atoms with van der Waals surface area (Å²) in [5.41, 5.74) is 0.991. The lowest BCUT2D eigenvalue weighted by Crippen LogP contribution is -2.37. The van der Waals surface area contributed by atoms with Gasteiger partial charge in [-0.3, -0.25) is 4.99 Å². The maximum absolute atomic E-state index is 5.20. The Kier molecular flexibility index (Phi) is 7.34. The van der Waals surface area contributed by atoms with E-state index in [1.165, 1.54) is 0 Å². The Morgan fingerprint density at radius 3 is 2.89 bits per heavy atom. The first-order chi connectivity index (χ1) is 9.31. The monoisotopic (exact) mass is 266 g/mol. The van der Waals surface area contributed by atoms with Gasteiger partial charge in [-0.1, -0.05) is 6.07 Å². The molecule has 0 unspecified atom stereocenters. The van der Waals surface area contributed by atoms with Gasteiger partial charge < -0.3 is 20.1 Å². The summed E-state index contributed by atoms with van der Waals surface area (Å²) in [7, 11) is 5.05. The van der Waals surface area contributed by atoms with E-state index in [0.717, 1.165) is 31.1 Å². The van der Waals surface area contributed by atoms with Gasteiger partial charge in [-0.2, -0.15) is 0 Å². The lowest BCUT2D eigenvalue weighted by atomic mass is 10.2. The van der Waals surface area contributed by atoms with E-state index in [1.807, 2.05) is 12.1 Å². The first kappa shape index (κ1) is 15.2. The minimum atomic E-state index is 0.612. The fourth-order valence-corrected chi connectivity index (χ4v) is 1.57. The second-order valence-corrected chi connectivity index (χ2v) is 3.87. The van der Waals surface area contributed by atoms with Crippen LogP contribution in [-0.4, -0.2) is 45.4 Å². The zero-order valence-corrected chi connectivity index (χ0v) is 11.8. The van der Waals surface area contributed by atoms with Gasteiger partial charge in [0.25, 0.3) is 0 Å². The number of aliphatic imine (C=N–C) groups is 1. The quantitative estimate of drug-likeness (QED) is 0.434. The van der Waals surface area contributed by atoms with E-state index >= 15 is 0 Å². The molecule has 1 heterocycles. The van der Waals surface area contributed by atoms with E-state index in [4.69, 9.17) is 9.47 Å². The number of nitrogens with zero attached hydrogens (tertiary/aromatic N) is 2. The third-order valence-corrected chi connectivity index (χ3v) is 2.53. The molecule has 2 N–H and O–H groups in total. The highest BCUT2D eigenvalue weighted by Crippen LogP contribution is 2.12. The summed E-state index contributed by atoms with van der Waals surface area (Å²) in [5.74, 6) is 1.38. The lowest BCUT2D eigenvalue weighted by molar-refractivity contribution is 0.195. The van der Waals surface area contributed by atoms with Crippen molar-refractivity contribution in [2.24, 2.45) is 4.99 Å². The summed E-state index contributed by atoms with van der Waals surface area (Å²) in [6.45, 7) is 2.17. The molecule has 6 heteroatoms.